The number of unbranched alkanes of at least 4 members (excludes halogenated alkanes) is 1. The molecular weight excluding hydrogens is 393 g/mol. The first-order valence-corrected chi connectivity index (χ1v) is 10.9. The number of hydrogen-bond donors (Lipinski definition) is 3. The molecule has 0 radical (unpaired) electrons. The van der Waals surface area contributed by atoms with Gasteiger partial charge in [-0.15, -0.1) is 0 Å². The van der Waals surface area contributed by atoms with Gasteiger partial charge in [-0.05, 0) is 61.8 Å². The van der Waals surface area contributed by atoms with Crippen molar-refractivity contribution in [3.8, 4) is 11.1 Å². The molecule has 1 saturated heterocycles. The van der Waals surface area contributed by atoms with Gasteiger partial charge in [0.05, 0.1) is 0 Å². The van der Waals surface area contributed by atoms with E-state index in [0.29, 0.717) is 12.2 Å². The molecule has 1 atom stereocenters. The van der Waals surface area contributed by atoms with Gasteiger partial charge in [-0.1, -0.05) is 43.2 Å². The van der Waals surface area contributed by atoms with Crippen molar-refractivity contribution < 1.29 is 19.6 Å². The molecule has 1 aromatic heterocycles. The van der Waals surface area contributed by atoms with Gasteiger partial charge in [0.2, 0.25) is 0 Å². The van der Waals surface area contributed by atoms with E-state index >= 15 is 0 Å². The molecule has 1 aliphatic heterocycles. The van der Waals surface area contributed by atoms with Crippen molar-refractivity contribution in [3.63, 3.8) is 0 Å². The zero-order valence-corrected chi connectivity index (χ0v) is 17.9. The van der Waals surface area contributed by atoms with Crippen LogP contribution in [0.3, 0.4) is 0 Å². The average Bonchev–Trinajstić information content (AvgIpc) is 2.78. The quantitative estimate of drug-likeness (QED) is 0.417. The van der Waals surface area contributed by atoms with Gasteiger partial charge in [-0.3, -0.25) is 9.88 Å². The minimum atomic E-state index is -1.19. The molecule has 1 aliphatic rings. The molecule has 3 rings (SSSR count). The molecule has 4 N–H and O–H groups in total. The predicted molar refractivity (Wildman–Crippen MR) is 120 cm³/mol. The molecule has 0 amide bonds. The summed E-state index contributed by atoms with van der Waals surface area (Å²) in [7, 11) is -1.19. The molecule has 166 valence electrons. The van der Waals surface area contributed by atoms with Crippen molar-refractivity contribution in [3.05, 3.63) is 54.4 Å². The first kappa shape index (κ1) is 24.9. The lowest BCUT2D eigenvalue weighted by Gasteiger charge is -2.35. The van der Waals surface area contributed by atoms with E-state index in [1.54, 1.807) is 0 Å². The summed E-state index contributed by atoms with van der Waals surface area (Å²) >= 11 is 0. The molecule has 31 heavy (non-hydrogen) atoms. The third-order valence-electron chi connectivity index (χ3n) is 5.87. The van der Waals surface area contributed by atoms with Gasteiger partial charge >= 0.3 is 13.3 Å². The Labute approximate surface area is 184 Å². The highest BCUT2D eigenvalue weighted by Crippen LogP contribution is 2.27. The van der Waals surface area contributed by atoms with Crippen LogP contribution in [0, 0.1) is 5.92 Å². The van der Waals surface area contributed by atoms with Crippen LogP contribution in [0.25, 0.3) is 11.1 Å². The van der Waals surface area contributed by atoms with Crippen LogP contribution in [-0.4, -0.2) is 52.3 Å². The summed E-state index contributed by atoms with van der Waals surface area (Å²) in [5.41, 5.74) is 10.2. The second-order valence-corrected chi connectivity index (χ2v) is 8.02. The van der Waals surface area contributed by atoms with Crippen molar-refractivity contribution in [2.45, 2.75) is 51.0 Å². The smallest absolute Gasteiger partial charge is 0.427 e. The summed E-state index contributed by atoms with van der Waals surface area (Å²) in [6, 6.07) is 12.9. The lowest BCUT2D eigenvalue weighted by atomic mass is 9.82. The molecule has 2 heterocycles. The van der Waals surface area contributed by atoms with Crippen molar-refractivity contribution >= 4 is 13.3 Å². The number of nitrogens with two attached hydrogens (primary N) is 1. The number of piperidine rings is 1. The fourth-order valence-corrected chi connectivity index (χ4v) is 4.18. The van der Waals surface area contributed by atoms with Gasteiger partial charge in [-0.25, -0.2) is 0 Å². The Hall–Kier alpha value is -2.35. The number of rotatable bonds is 9. The monoisotopic (exact) mass is 425 g/mol. The van der Waals surface area contributed by atoms with Crippen LogP contribution in [-0.2, 0) is 16.1 Å². The molecule has 0 saturated carbocycles. The van der Waals surface area contributed by atoms with Gasteiger partial charge in [0, 0.05) is 30.5 Å². The summed E-state index contributed by atoms with van der Waals surface area (Å²) in [4.78, 5) is 23.0. The zero-order valence-electron chi connectivity index (χ0n) is 17.9. The Morgan fingerprint density at radius 2 is 1.84 bits per heavy atom. The maximum absolute atomic E-state index is 8.92. The number of benzene rings is 1. The molecule has 1 aromatic carbocycles. The summed E-state index contributed by atoms with van der Waals surface area (Å²) < 4.78 is 0. The molecular formula is C23H32BN3O4. The van der Waals surface area contributed by atoms with E-state index in [-0.39, 0.29) is 12.2 Å². The van der Waals surface area contributed by atoms with Crippen LogP contribution in [0.4, 0.5) is 0 Å². The van der Waals surface area contributed by atoms with Crippen molar-refractivity contribution in [2.75, 3.05) is 13.1 Å². The molecule has 1 fully saturated rings. The summed E-state index contributed by atoms with van der Waals surface area (Å²) in [5, 5.41) is 17.8. The molecule has 0 aliphatic carbocycles. The number of hydrogen-bond acceptors (Lipinski definition) is 7. The minimum absolute atomic E-state index is 0.223. The Morgan fingerprint density at radius 1 is 1.13 bits per heavy atom. The van der Waals surface area contributed by atoms with E-state index < -0.39 is 7.12 Å². The number of nitrogens with zero attached hydrogens (tertiary/aromatic N) is 2. The Bertz CT molecular complexity index is 792. The normalized spacial score (nSPS) is 15.5. The van der Waals surface area contributed by atoms with E-state index in [1.807, 2.05) is 18.5 Å². The Balaban J connectivity index is 0.00000107. The van der Waals surface area contributed by atoms with Gasteiger partial charge in [0.25, 0.3) is 0 Å². The summed E-state index contributed by atoms with van der Waals surface area (Å²) in [6.45, 7) is 3.12. The molecule has 8 heteroatoms. The van der Waals surface area contributed by atoms with Crippen LogP contribution < -0.4 is 5.73 Å². The molecule has 2 aromatic rings. The standard InChI is InChI=1S/C22H32BN3O2.CO2/c24-22(9-3-4-12-23(27)28)18-10-14-26(15-11-18)17-20-6-1-2-8-21(20)19-7-5-13-25-16-19;2-1-3/h1-2,5-8,13,16,18,22,27-28H,3-4,9-12,14-15,17,24H2;. The van der Waals surface area contributed by atoms with Crippen LogP contribution in [0.2, 0.25) is 6.32 Å². The van der Waals surface area contributed by atoms with Gasteiger partial charge in [0.1, 0.15) is 0 Å². The maximum atomic E-state index is 8.92. The van der Waals surface area contributed by atoms with Crippen molar-refractivity contribution in [2.24, 2.45) is 11.7 Å². The fourth-order valence-electron chi connectivity index (χ4n) is 4.18. The van der Waals surface area contributed by atoms with E-state index in [1.165, 1.54) is 16.7 Å². The van der Waals surface area contributed by atoms with E-state index in [9.17, 15) is 0 Å². The lowest BCUT2D eigenvalue weighted by Crippen LogP contribution is -2.40. The SMILES string of the molecule is NC(CCCCB(O)O)C1CCN(Cc2ccccc2-c2cccnc2)CC1.O=C=O. The molecule has 0 bridgehead atoms. The fraction of sp³-hybridized carbons (Fsp3) is 0.478. The van der Waals surface area contributed by atoms with Gasteiger partial charge < -0.3 is 15.8 Å². The third kappa shape index (κ3) is 8.73. The van der Waals surface area contributed by atoms with Crippen molar-refractivity contribution in [1.82, 2.24) is 9.88 Å². The third-order valence-corrected chi connectivity index (χ3v) is 5.87. The van der Waals surface area contributed by atoms with Crippen molar-refractivity contribution in [1.29, 1.82) is 0 Å². The highest BCUT2D eigenvalue weighted by Gasteiger charge is 2.24. The lowest BCUT2D eigenvalue weighted by molar-refractivity contribution is -0.191. The molecule has 1 unspecified atom stereocenters. The molecule has 7 nitrogen and oxygen atoms in total. The second-order valence-electron chi connectivity index (χ2n) is 8.02. The number of pyridine rings is 1. The van der Waals surface area contributed by atoms with Crippen LogP contribution in [0.15, 0.2) is 48.8 Å². The topological polar surface area (TPSA) is 117 Å². The number of aromatic nitrogens is 1. The van der Waals surface area contributed by atoms with E-state index in [2.05, 4.69) is 40.2 Å². The highest BCUT2D eigenvalue weighted by molar-refractivity contribution is 6.40. The first-order chi connectivity index (χ1) is 15.0. The predicted octanol–water partition coefficient (Wildman–Crippen LogP) is 2.35. The van der Waals surface area contributed by atoms with E-state index in [4.69, 9.17) is 25.4 Å². The average molecular weight is 425 g/mol. The summed E-state index contributed by atoms with van der Waals surface area (Å²) in [6.07, 6.45) is 9.49. The summed E-state index contributed by atoms with van der Waals surface area (Å²) in [5.74, 6) is 0.573. The van der Waals surface area contributed by atoms with Gasteiger partial charge in [0.15, 0.2) is 0 Å². The first-order valence-electron chi connectivity index (χ1n) is 10.9. The zero-order chi connectivity index (χ0) is 22.5. The number of carbonyl (C=O) groups excluding carboxylic acids is 2. The van der Waals surface area contributed by atoms with Gasteiger partial charge in [-0.2, -0.15) is 9.59 Å². The maximum Gasteiger partial charge on any atom is 0.451 e. The highest BCUT2D eigenvalue weighted by atomic mass is 16.4. The van der Waals surface area contributed by atoms with Crippen LogP contribution in [0.1, 0.15) is 37.7 Å². The largest absolute Gasteiger partial charge is 0.451 e. The molecule has 0 spiro atoms. The number of likely N-dealkylation sites (tertiary alicyclic amines) is 1. The second kappa shape index (κ2) is 13.9. The Morgan fingerprint density at radius 3 is 2.48 bits per heavy atom. The minimum Gasteiger partial charge on any atom is -0.427 e. The van der Waals surface area contributed by atoms with Crippen LogP contribution in [0.5, 0.6) is 0 Å². The van der Waals surface area contributed by atoms with E-state index in [0.717, 1.165) is 51.7 Å². The Kier molecular flexibility index (Phi) is 11.1. The van der Waals surface area contributed by atoms with Crippen LogP contribution >= 0.6 is 0 Å².